The molecule has 1 aromatic rings. The van der Waals surface area contributed by atoms with Crippen molar-refractivity contribution in [3.05, 3.63) is 28.5 Å². The maximum absolute atomic E-state index is 6.24. The average Bonchev–Trinajstić information content (AvgIpc) is 2.84. The molecule has 0 aromatic carbocycles. The van der Waals surface area contributed by atoms with Crippen LogP contribution in [0.2, 0.25) is 5.02 Å². The molecule has 1 fully saturated rings. The lowest BCUT2D eigenvalue weighted by molar-refractivity contribution is 0.470. The normalized spacial score (nSPS) is 18.6. The molecule has 0 radical (unpaired) electrons. The average molecular weight is 210 g/mol. The Labute approximate surface area is 90.5 Å². The molecule has 2 rings (SSSR count). The van der Waals surface area contributed by atoms with Crippen LogP contribution < -0.4 is 0 Å². The van der Waals surface area contributed by atoms with Crippen molar-refractivity contribution < 1.29 is 0 Å². The first-order valence-corrected chi connectivity index (χ1v) is 5.57. The van der Waals surface area contributed by atoms with Gasteiger partial charge in [-0.1, -0.05) is 25.4 Å². The Kier molecular flexibility index (Phi) is 2.30. The summed E-state index contributed by atoms with van der Waals surface area (Å²) in [6, 6.07) is 2.02. The summed E-state index contributed by atoms with van der Waals surface area (Å²) < 4.78 is 0. The number of nitrogens with zero attached hydrogens (tertiary/aromatic N) is 1. The number of halogens is 1. The third-order valence-corrected chi connectivity index (χ3v) is 3.63. The predicted molar refractivity (Wildman–Crippen MR) is 59.7 cm³/mol. The van der Waals surface area contributed by atoms with Crippen molar-refractivity contribution in [2.75, 3.05) is 0 Å². The molecule has 0 amide bonds. The highest BCUT2D eigenvalue weighted by atomic mass is 35.5. The second-order valence-electron chi connectivity index (χ2n) is 4.65. The second-order valence-corrected chi connectivity index (χ2v) is 5.06. The molecule has 1 heterocycles. The molecule has 1 aliphatic carbocycles. The molecule has 0 atom stereocenters. The molecule has 0 N–H and O–H groups in total. The quantitative estimate of drug-likeness (QED) is 0.724. The molecule has 0 spiro atoms. The third kappa shape index (κ3) is 1.44. The van der Waals surface area contributed by atoms with Crippen LogP contribution in [0, 0.1) is 12.8 Å². The number of aromatic nitrogens is 1. The molecule has 0 aliphatic heterocycles. The summed E-state index contributed by atoms with van der Waals surface area (Å²) in [6.07, 6.45) is 4.39. The molecular formula is C12H16ClN. The van der Waals surface area contributed by atoms with Gasteiger partial charge in [0.15, 0.2) is 0 Å². The fourth-order valence-corrected chi connectivity index (χ4v) is 2.53. The SMILES string of the molecule is Cc1cnc(C2(C(C)C)CC2)c(Cl)c1. The van der Waals surface area contributed by atoms with Crippen molar-refractivity contribution >= 4 is 11.6 Å². The molecule has 1 aliphatic rings. The van der Waals surface area contributed by atoms with Gasteiger partial charge in [-0.2, -0.15) is 0 Å². The zero-order valence-corrected chi connectivity index (χ0v) is 9.73. The minimum absolute atomic E-state index is 0.283. The van der Waals surface area contributed by atoms with E-state index in [1.165, 1.54) is 12.8 Å². The van der Waals surface area contributed by atoms with Crippen LogP contribution >= 0.6 is 11.6 Å². The van der Waals surface area contributed by atoms with E-state index in [9.17, 15) is 0 Å². The van der Waals surface area contributed by atoms with E-state index in [-0.39, 0.29) is 5.41 Å². The molecule has 14 heavy (non-hydrogen) atoms. The summed E-state index contributed by atoms with van der Waals surface area (Å²) >= 11 is 6.24. The zero-order chi connectivity index (χ0) is 10.3. The summed E-state index contributed by atoms with van der Waals surface area (Å²) in [7, 11) is 0. The smallest absolute Gasteiger partial charge is 0.0654 e. The summed E-state index contributed by atoms with van der Waals surface area (Å²) in [5, 5.41) is 0.844. The van der Waals surface area contributed by atoms with Crippen molar-refractivity contribution in [1.29, 1.82) is 0 Å². The van der Waals surface area contributed by atoms with Gasteiger partial charge in [-0.3, -0.25) is 4.98 Å². The van der Waals surface area contributed by atoms with E-state index in [2.05, 4.69) is 18.8 Å². The molecular weight excluding hydrogens is 194 g/mol. The summed E-state index contributed by atoms with van der Waals surface area (Å²) in [5.41, 5.74) is 2.53. The van der Waals surface area contributed by atoms with Gasteiger partial charge >= 0.3 is 0 Å². The Morgan fingerprint density at radius 1 is 1.43 bits per heavy atom. The van der Waals surface area contributed by atoms with Crippen LogP contribution in [0.4, 0.5) is 0 Å². The predicted octanol–water partition coefficient (Wildman–Crippen LogP) is 3.73. The van der Waals surface area contributed by atoms with E-state index in [0.29, 0.717) is 5.92 Å². The van der Waals surface area contributed by atoms with Gasteiger partial charge in [-0.15, -0.1) is 0 Å². The van der Waals surface area contributed by atoms with E-state index in [0.717, 1.165) is 16.3 Å². The fraction of sp³-hybridized carbons (Fsp3) is 0.583. The molecule has 76 valence electrons. The van der Waals surface area contributed by atoms with Crippen LogP contribution in [0.25, 0.3) is 0 Å². The number of rotatable bonds is 2. The van der Waals surface area contributed by atoms with Crippen molar-refractivity contribution in [1.82, 2.24) is 4.98 Å². The molecule has 0 saturated heterocycles. The molecule has 0 bridgehead atoms. The minimum Gasteiger partial charge on any atom is -0.259 e. The topological polar surface area (TPSA) is 12.9 Å². The van der Waals surface area contributed by atoms with Gasteiger partial charge in [0, 0.05) is 11.6 Å². The van der Waals surface area contributed by atoms with Crippen molar-refractivity contribution in [3.63, 3.8) is 0 Å². The Morgan fingerprint density at radius 2 is 2.07 bits per heavy atom. The van der Waals surface area contributed by atoms with E-state index in [1.54, 1.807) is 0 Å². The van der Waals surface area contributed by atoms with Gasteiger partial charge in [-0.25, -0.2) is 0 Å². The van der Waals surface area contributed by atoms with Gasteiger partial charge < -0.3 is 0 Å². The summed E-state index contributed by atoms with van der Waals surface area (Å²) in [5.74, 6) is 0.634. The second kappa shape index (κ2) is 3.23. The van der Waals surface area contributed by atoms with Gasteiger partial charge in [0.05, 0.1) is 10.7 Å². The van der Waals surface area contributed by atoms with Gasteiger partial charge in [-0.05, 0) is 37.3 Å². The van der Waals surface area contributed by atoms with Crippen molar-refractivity contribution in [3.8, 4) is 0 Å². The number of pyridine rings is 1. The maximum Gasteiger partial charge on any atom is 0.0654 e. The number of hydrogen-bond donors (Lipinski definition) is 0. The molecule has 2 heteroatoms. The minimum atomic E-state index is 0.283. The lowest BCUT2D eigenvalue weighted by atomic mass is 9.88. The maximum atomic E-state index is 6.24. The van der Waals surface area contributed by atoms with Crippen LogP contribution in [-0.4, -0.2) is 4.98 Å². The standard InChI is InChI=1S/C12H16ClN/c1-8(2)12(4-5-12)11-10(13)6-9(3)7-14-11/h6-8H,4-5H2,1-3H3. The third-order valence-electron chi connectivity index (χ3n) is 3.34. The highest BCUT2D eigenvalue weighted by Crippen LogP contribution is 2.54. The molecule has 1 aromatic heterocycles. The van der Waals surface area contributed by atoms with Gasteiger partial charge in [0.2, 0.25) is 0 Å². The van der Waals surface area contributed by atoms with E-state index in [4.69, 9.17) is 11.6 Å². The summed E-state index contributed by atoms with van der Waals surface area (Å²) in [6.45, 7) is 6.54. The highest BCUT2D eigenvalue weighted by molar-refractivity contribution is 6.31. The first-order valence-electron chi connectivity index (χ1n) is 5.19. The highest BCUT2D eigenvalue weighted by Gasteiger charge is 2.49. The zero-order valence-electron chi connectivity index (χ0n) is 8.97. The van der Waals surface area contributed by atoms with Crippen LogP contribution in [0.15, 0.2) is 12.3 Å². The Bertz CT molecular complexity index is 353. The lowest BCUT2D eigenvalue weighted by Crippen LogP contribution is -2.17. The first kappa shape index (κ1) is 9.97. The first-order chi connectivity index (χ1) is 6.56. The lowest BCUT2D eigenvalue weighted by Gasteiger charge is -2.20. The van der Waals surface area contributed by atoms with E-state index >= 15 is 0 Å². The molecule has 1 nitrogen and oxygen atoms in total. The largest absolute Gasteiger partial charge is 0.259 e. The van der Waals surface area contributed by atoms with Crippen LogP contribution in [-0.2, 0) is 5.41 Å². The molecule has 1 saturated carbocycles. The monoisotopic (exact) mass is 209 g/mol. The number of aryl methyl sites for hydroxylation is 1. The van der Waals surface area contributed by atoms with Crippen LogP contribution in [0.1, 0.15) is 37.9 Å². The van der Waals surface area contributed by atoms with E-state index < -0.39 is 0 Å². The van der Waals surface area contributed by atoms with Gasteiger partial charge in [0.25, 0.3) is 0 Å². The van der Waals surface area contributed by atoms with Gasteiger partial charge in [0.1, 0.15) is 0 Å². The summed E-state index contributed by atoms with van der Waals surface area (Å²) in [4.78, 5) is 4.50. The van der Waals surface area contributed by atoms with E-state index in [1.807, 2.05) is 19.2 Å². The fourth-order valence-electron chi connectivity index (χ4n) is 2.12. The van der Waals surface area contributed by atoms with Crippen molar-refractivity contribution in [2.45, 2.75) is 39.0 Å². The number of hydrogen-bond acceptors (Lipinski definition) is 1. The van der Waals surface area contributed by atoms with Crippen molar-refractivity contribution in [2.24, 2.45) is 5.92 Å². The Balaban J connectivity index is 2.42. The Morgan fingerprint density at radius 3 is 2.50 bits per heavy atom. The molecule has 0 unspecified atom stereocenters. The Hall–Kier alpha value is -0.560. The van der Waals surface area contributed by atoms with Crippen LogP contribution in [0.3, 0.4) is 0 Å². The van der Waals surface area contributed by atoms with Crippen LogP contribution in [0.5, 0.6) is 0 Å².